The normalized spacial score (nSPS) is 31.5. The van der Waals surface area contributed by atoms with Gasteiger partial charge in [0.1, 0.15) is 11.5 Å². The van der Waals surface area contributed by atoms with Crippen LogP contribution in [0.3, 0.4) is 0 Å². The van der Waals surface area contributed by atoms with Gasteiger partial charge in [-0.05, 0) is 36.5 Å². The fourth-order valence-corrected chi connectivity index (χ4v) is 6.05. The van der Waals surface area contributed by atoms with Gasteiger partial charge in [-0.1, -0.05) is 12.2 Å². The summed E-state index contributed by atoms with van der Waals surface area (Å²) in [7, 11) is 4.63. The van der Waals surface area contributed by atoms with Crippen LogP contribution in [-0.2, 0) is 4.74 Å². The third-order valence-corrected chi connectivity index (χ3v) is 7.03. The average Bonchev–Trinajstić information content (AvgIpc) is 3.31. The maximum Gasteiger partial charge on any atom is 0.337 e. The molecular formula is C23H24O6. The van der Waals surface area contributed by atoms with Gasteiger partial charge in [0.2, 0.25) is 0 Å². The molecule has 1 fully saturated rings. The highest BCUT2D eigenvalue weighted by molar-refractivity contribution is 6.02. The third-order valence-electron chi connectivity index (χ3n) is 7.03. The highest BCUT2D eigenvalue weighted by Crippen LogP contribution is 2.67. The van der Waals surface area contributed by atoms with E-state index in [0.717, 1.165) is 34.1 Å². The molecule has 0 heterocycles. The number of hydrogen-bond donors (Lipinski definition) is 2. The number of ether oxygens (including phenoxy) is 3. The van der Waals surface area contributed by atoms with E-state index in [0.29, 0.717) is 11.3 Å². The largest absolute Gasteiger partial charge is 0.496 e. The van der Waals surface area contributed by atoms with E-state index < -0.39 is 18.2 Å². The third kappa shape index (κ3) is 2.33. The molecular weight excluding hydrogens is 372 g/mol. The Kier molecular flexibility index (Phi) is 4.12. The van der Waals surface area contributed by atoms with Crippen LogP contribution in [0.1, 0.15) is 39.7 Å². The van der Waals surface area contributed by atoms with E-state index in [1.807, 2.05) is 6.07 Å². The van der Waals surface area contributed by atoms with Crippen LogP contribution >= 0.6 is 0 Å². The van der Waals surface area contributed by atoms with E-state index in [9.17, 15) is 15.0 Å². The SMILES string of the molecule is COC(=O)c1ccc2c(OC)c3c(c(OC)c2c1)C1CC3C2C(O)C=CC(O)C12. The number of aliphatic hydroxyl groups excluding tert-OH is 2. The highest BCUT2D eigenvalue weighted by Gasteiger charge is 2.58. The highest BCUT2D eigenvalue weighted by atomic mass is 16.5. The van der Waals surface area contributed by atoms with Crippen molar-refractivity contribution in [1.82, 2.24) is 0 Å². The maximum atomic E-state index is 12.1. The van der Waals surface area contributed by atoms with Crippen LogP contribution in [0.5, 0.6) is 11.5 Å². The second-order valence-electron chi connectivity index (χ2n) is 8.12. The molecule has 0 saturated heterocycles. The van der Waals surface area contributed by atoms with Gasteiger partial charge < -0.3 is 24.4 Å². The number of benzene rings is 2. The summed E-state index contributed by atoms with van der Waals surface area (Å²) in [4.78, 5) is 12.1. The van der Waals surface area contributed by atoms with Crippen molar-refractivity contribution in [2.45, 2.75) is 30.5 Å². The van der Waals surface area contributed by atoms with Crippen molar-refractivity contribution in [3.63, 3.8) is 0 Å². The zero-order valence-corrected chi connectivity index (χ0v) is 16.6. The number of rotatable bonds is 3. The second-order valence-corrected chi connectivity index (χ2v) is 8.12. The molecule has 0 spiro atoms. The van der Waals surface area contributed by atoms with Crippen molar-refractivity contribution < 1.29 is 29.2 Å². The minimum atomic E-state index is -0.598. The van der Waals surface area contributed by atoms with Crippen LogP contribution in [0.4, 0.5) is 0 Å². The van der Waals surface area contributed by atoms with E-state index in [1.165, 1.54) is 7.11 Å². The van der Waals surface area contributed by atoms with Crippen molar-refractivity contribution in [3.8, 4) is 11.5 Å². The lowest BCUT2D eigenvalue weighted by atomic mass is 9.67. The molecule has 6 atom stereocenters. The van der Waals surface area contributed by atoms with Gasteiger partial charge in [-0.3, -0.25) is 0 Å². The topological polar surface area (TPSA) is 85.2 Å². The first kappa shape index (κ1) is 18.5. The fraction of sp³-hybridized carbons (Fsp3) is 0.435. The number of fused-ring (bicyclic) bond motifs is 9. The Morgan fingerprint density at radius 2 is 1.45 bits per heavy atom. The first-order chi connectivity index (χ1) is 14.0. The molecule has 5 rings (SSSR count). The van der Waals surface area contributed by atoms with Crippen molar-refractivity contribution in [2.24, 2.45) is 11.8 Å². The molecule has 0 radical (unpaired) electrons. The van der Waals surface area contributed by atoms with Crippen molar-refractivity contribution in [1.29, 1.82) is 0 Å². The fourth-order valence-electron chi connectivity index (χ4n) is 6.05. The maximum absolute atomic E-state index is 12.1. The van der Waals surface area contributed by atoms with Gasteiger partial charge in [0.05, 0.1) is 39.1 Å². The number of carbonyl (C=O) groups excluding carboxylic acids is 1. The van der Waals surface area contributed by atoms with Crippen LogP contribution in [0, 0.1) is 11.8 Å². The van der Waals surface area contributed by atoms with Crippen LogP contribution in [-0.4, -0.2) is 49.7 Å². The molecule has 6 heteroatoms. The van der Waals surface area contributed by atoms with Crippen molar-refractivity contribution >= 4 is 16.7 Å². The lowest BCUT2D eigenvalue weighted by molar-refractivity contribution is 0.0334. The number of esters is 1. The summed E-state index contributed by atoms with van der Waals surface area (Å²) in [5.74, 6) is 1.10. The predicted octanol–water partition coefficient (Wildman–Crippen LogP) is 2.75. The van der Waals surface area contributed by atoms with E-state index >= 15 is 0 Å². The van der Waals surface area contributed by atoms with Gasteiger partial charge in [-0.25, -0.2) is 4.79 Å². The van der Waals surface area contributed by atoms with Gasteiger partial charge in [-0.2, -0.15) is 0 Å². The van der Waals surface area contributed by atoms with E-state index in [2.05, 4.69) is 0 Å². The Hall–Kier alpha value is -2.57. The number of carbonyl (C=O) groups is 1. The number of aliphatic hydroxyl groups is 2. The number of methoxy groups -OCH3 is 3. The summed E-state index contributed by atoms with van der Waals surface area (Å²) in [5, 5.41) is 23.0. The molecule has 2 N–H and O–H groups in total. The molecule has 2 aromatic rings. The lowest BCUT2D eigenvalue weighted by Crippen LogP contribution is -2.40. The summed E-state index contributed by atoms with van der Waals surface area (Å²) >= 11 is 0. The van der Waals surface area contributed by atoms with E-state index in [4.69, 9.17) is 14.2 Å². The summed E-state index contributed by atoms with van der Waals surface area (Å²) in [6.45, 7) is 0. The zero-order valence-electron chi connectivity index (χ0n) is 16.6. The molecule has 3 aliphatic carbocycles. The minimum Gasteiger partial charge on any atom is -0.496 e. The first-order valence-corrected chi connectivity index (χ1v) is 9.86. The van der Waals surface area contributed by atoms with Crippen molar-refractivity contribution in [3.05, 3.63) is 47.0 Å². The van der Waals surface area contributed by atoms with E-state index in [-0.39, 0.29) is 23.7 Å². The molecule has 0 amide bonds. The lowest BCUT2D eigenvalue weighted by Gasteiger charge is -2.40. The van der Waals surface area contributed by atoms with Gasteiger partial charge >= 0.3 is 5.97 Å². The molecule has 2 bridgehead atoms. The summed E-state index contributed by atoms with van der Waals surface area (Å²) in [6, 6.07) is 5.36. The van der Waals surface area contributed by atoms with Gasteiger partial charge in [0, 0.05) is 33.7 Å². The summed E-state index contributed by atoms with van der Waals surface area (Å²) < 4.78 is 16.6. The monoisotopic (exact) mass is 396 g/mol. The Morgan fingerprint density at radius 1 is 0.897 bits per heavy atom. The second kappa shape index (κ2) is 6.47. The average molecular weight is 396 g/mol. The van der Waals surface area contributed by atoms with Crippen molar-refractivity contribution in [2.75, 3.05) is 21.3 Å². The Bertz CT molecular complexity index is 1040. The van der Waals surface area contributed by atoms with Crippen LogP contribution in [0.25, 0.3) is 10.8 Å². The molecule has 6 unspecified atom stereocenters. The Balaban J connectivity index is 1.80. The summed E-state index contributed by atoms with van der Waals surface area (Å²) in [6.07, 6.45) is 3.07. The zero-order chi connectivity index (χ0) is 20.4. The molecule has 2 aromatic carbocycles. The first-order valence-electron chi connectivity index (χ1n) is 9.86. The smallest absolute Gasteiger partial charge is 0.337 e. The number of hydrogen-bond acceptors (Lipinski definition) is 6. The van der Waals surface area contributed by atoms with Gasteiger partial charge in [-0.15, -0.1) is 0 Å². The molecule has 0 aromatic heterocycles. The molecule has 29 heavy (non-hydrogen) atoms. The van der Waals surface area contributed by atoms with Crippen LogP contribution < -0.4 is 9.47 Å². The predicted molar refractivity (Wildman–Crippen MR) is 107 cm³/mol. The van der Waals surface area contributed by atoms with E-state index in [1.54, 1.807) is 38.5 Å². The van der Waals surface area contributed by atoms with Gasteiger partial charge in [0.25, 0.3) is 0 Å². The minimum absolute atomic E-state index is 0.0436. The molecule has 6 nitrogen and oxygen atoms in total. The standard InChI is InChI=1S/C23H24O6/c1-27-21-11-5-4-10(23(26)29-3)8-12(11)22(28-2)20-14-9-13(19(20)21)17-15(24)6-7-16(25)18(14)17/h4-8,13-18,24-25H,9H2,1-3H3. The Labute approximate surface area is 168 Å². The molecule has 0 aliphatic heterocycles. The van der Waals surface area contributed by atoms with Crippen LogP contribution in [0.15, 0.2) is 30.4 Å². The summed E-state index contributed by atoms with van der Waals surface area (Å²) in [5.41, 5.74) is 2.54. The molecule has 1 saturated carbocycles. The molecule has 152 valence electrons. The van der Waals surface area contributed by atoms with Crippen LogP contribution in [0.2, 0.25) is 0 Å². The quantitative estimate of drug-likeness (QED) is 0.613. The Morgan fingerprint density at radius 3 is 1.97 bits per heavy atom. The van der Waals surface area contributed by atoms with Gasteiger partial charge in [0.15, 0.2) is 0 Å². The molecule has 3 aliphatic rings.